The number of rotatable bonds is 5. The Morgan fingerprint density at radius 3 is 2.77 bits per heavy atom. The Morgan fingerprint density at radius 1 is 1.27 bits per heavy atom. The molecule has 1 fully saturated rings. The average molecular weight is 402 g/mol. The summed E-state index contributed by atoms with van der Waals surface area (Å²) < 4.78 is 0.493. The fraction of sp³-hybridized carbons (Fsp3) is 0.100. The topological polar surface area (TPSA) is 40.5 Å². The molecule has 6 heteroatoms. The Morgan fingerprint density at radius 2 is 2.04 bits per heavy atom. The van der Waals surface area contributed by atoms with Gasteiger partial charge in [0.25, 0.3) is 5.91 Å². The number of thiocarbonyl (C=S) groups is 1. The third-order valence-corrected chi connectivity index (χ3v) is 5.66. The van der Waals surface area contributed by atoms with Crippen LogP contribution in [0.25, 0.3) is 6.08 Å². The van der Waals surface area contributed by atoms with Gasteiger partial charge in [-0.1, -0.05) is 65.9 Å². The number of halogens is 1. The van der Waals surface area contributed by atoms with Gasteiger partial charge >= 0.3 is 0 Å². The normalized spacial score (nSPS) is 15.7. The Hall–Kier alpha value is -2.08. The van der Waals surface area contributed by atoms with Crippen molar-refractivity contribution in [2.24, 2.45) is 0 Å². The molecule has 3 rings (SSSR count). The number of hydrogen-bond acceptors (Lipinski definition) is 4. The van der Waals surface area contributed by atoms with E-state index >= 15 is 0 Å². The summed E-state index contributed by atoms with van der Waals surface area (Å²) in [5, 5.41) is 10.9. The predicted molar refractivity (Wildman–Crippen MR) is 112 cm³/mol. The van der Waals surface area contributed by atoms with E-state index in [1.807, 2.05) is 36.4 Å². The van der Waals surface area contributed by atoms with Crippen LogP contribution in [0.2, 0.25) is 5.02 Å². The lowest BCUT2D eigenvalue weighted by Crippen LogP contribution is -2.27. The first kappa shape index (κ1) is 18.7. The molecule has 0 radical (unpaired) electrons. The number of aromatic hydroxyl groups is 1. The zero-order chi connectivity index (χ0) is 18.7. The molecule has 0 aliphatic carbocycles. The number of carbonyl (C=O) groups is 1. The molecule has 1 amide bonds. The zero-order valence-corrected chi connectivity index (χ0v) is 16.2. The van der Waals surface area contributed by atoms with Crippen LogP contribution in [0.5, 0.6) is 5.75 Å². The second-order valence-corrected chi connectivity index (χ2v) is 7.83. The molecule has 1 aliphatic rings. The number of nitrogens with zero attached hydrogens (tertiary/aromatic N) is 1. The highest BCUT2D eigenvalue weighted by molar-refractivity contribution is 8.26. The molecule has 0 atom stereocenters. The van der Waals surface area contributed by atoms with Crippen molar-refractivity contribution in [1.82, 2.24) is 4.90 Å². The number of hydrogen-bond donors (Lipinski definition) is 1. The molecular weight excluding hydrogens is 386 g/mol. The van der Waals surface area contributed by atoms with Crippen LogP contribution in [-0.2, 0) is 11.2 Å². The summed E-state index contributed by atoms with van der Waals surface area (Å²) in [7, 11) is 0. The minimum absolute atomic E-state index is 0.113. The van der Waals surface area contributed by atoms with E-state index in [1.54, 1.807) is 18.2 Å². The Bertz CT molecular complexity index is 924. The number of phenolic OH excluding ortho intramolecular Hbond substituents is 1. The van der Waals surface area contributed by atoms with Crippen molar-refractivity contribution in [3.8, 4) is 5.75 Å². The number of carbonyl (C=O) groups excluding carboxylic acids is 1. The second kappa shape index (κ2) is 8.08. The molecule has 2 aromatic carbocycles. The van der Waals surface area contributed by atoms with Crippen molar-refractivity contribution in [3.63, 3.8) is 0 Å². The highest BCUT2D eigenvalue weighted by Gasteiger charge is 2.31. The van der Waals surface area contributed by atoms with Gasteiger partial charge in [-0.05, 0) is 41.8 Å². The lowest BCUT2D eigenvalue weighted by molar-refractivity contribution is -0.121. The van der Waals surface area contributed by atoms with Gasteiger partial charge in [-0.2, -0.15) is 0 Å². The molecule has 0 saturated carbocycles. The second-order valence-electron chi connectivity index (χ2n) is 5.74. The minimum atomic E-state index is -0.171. The Kier molecular flexibility index (Phi) is 5.81. The van der Waals surface area contributed by atoms with Gasteiger partial charge in [0, 0.05) is 17.1 Å². The maximum atomic E-state index is 12.4. The first-order valence-electron chi connectivity index (χ1n) is 7.91. The highest BCUT2D eigenvalue weighted by Crippen LogP contribution is 2.34. The van der Waals surface area contributed by atoms with Gasteiger partial charge in [0.05, 0.1) is 4.91 Å². The van der Waals surface area contributed by atoms with Crippen LogP contribution in [0, 0.1) is 0 Å². The first-order chi connectivity index (χ1) is 12.5. The average Bonchev–Trinajstić information content (AvgIpc) is 2.88. The van der Waals surface area contributed by atoms with Crippen molar-refractivity contribution in [2.75, 3.05) is 6.54 Å². The number of amides is 1. The molecule has 1 heterocycles. The van der Waals surface area contributed by atoms with Gasteiger partial charge in [-0.25, -0.2) is 0 Å². The predicted octanol–water partition coefficient (Wildman–Crippen LogP) is 5.02. The van der Waals surface area contributed by atoms with Gasteiger partial charge in [-0.3, -0.25) is 9.69 Å². The summed E-state index contributed by atoms with van der Waals surface area (Å²) >= 11 is 12.7. The highest BCUT2D eigenvalue weighted by atomic mass is 35.5. The molecule has 1 saturated heterocycles. The summed E-state index contributed by atoms with van der Waals surface area (Å²) in [6.45, 7) is 4.02. The van der Waals surface area contributed by atoms with E-state index in [9.17, 15) is 9.90 Å². The van der Waals surface area contributed by atoms with E-state index in [1.165, 1.54) is 16.7 Å². The lowest BCUT2D eigenvalue weighted by Gasteiger charge is -2.10. The van der Waals surface area contributed by atoms with Gasteiger partial charge < -0.3 is 5.11 Å². The van der Waals surface area contributed by atoms with Gasteiger partial charge in [0.2, 0.25) is 0 Å². The fourth-order valence-corrected chi connectivity index (χ4v) is 4.09. The monoisotopic (exact) mass is 401 g/mol. The largest absolute Gasteiger partial charge is 0.507 e. The Balaban J connectivity index is 1.89. The summed E-state index contributed by atoms with van der Waals surface area (Å²) in [6.07, 6.45) is 3.95. The molecule has 1 aliphatic heterocycles. The van der Waals surface area contributed by atoms with Crippen LogP contribution in [0.1, 0.15) is 16.7 Å². The van der Waals surface area contributed by atoms with Crippen LogP contribution >= 0.6 is 35.6 Å². The van der Waals surface area contributed by atoms with Crippen molar-refractivity contribution in [3.05, 3.63) is 81.7 Å². The fourth-order valence-electron chi connectivity index (χ4n) is 2.62. The zero-order valence-electron chi connectivity index (χ0n) is 13.8. The number of thioether (sulfide) groups is 1. The standard InChI is InChI=1S/C20H16ClNO2S2/c1-2-9-22-19(24)18(26-20(22)25)12-15-11-13(7-8-17(15)23)10-14-5-3-4-6-16(14)21/h2-8,11-12,23H,1,9-10H2. The van der Waals surface area contributed by atoms with E-state index in [-0.39, 0.29) is 11.7 Å². The van der Waals surface area contributed by atoms with Crippen molar-refractivity contribution < 1.29 is 9.90 Å². The third kappa shape index (κ3) is 4.01. The van der Waals surface area contributed by atoms with Crippen LogP contribution < -0.4 is 0 Å². The van der Waals surface area contributed by atoms with E-state index in [4.69, 9.17) is 23.8 Å². The van der Waals surface area contributed by atoms with Gasteiger partial charge in [0.1, 0.15) is 10.1 Å². The minimum Gasteiger partial charge on any atom is -0.507 e. The summed E-state index contributed by atoms with van der Waals surface area (Å²) in [5.41, 5.74) is 2.57. The maximum absolute atomic E-state index is 12.4. The molecule has 0 spiro atoms. The molecule has 0 unspecified atom stereocenters. The molecule has 0 bridgehead atoms. The number of phenols is 1. The van der Waals surface area contributed by atoms with Gasteiger partial charge in [-0.15, -0.1) is 6.58 Å². The van der Waals surface area contributed by atoms with E-state index in [0.29, 0.717) is 32.8 Å². The van der Waals surface area contributed by atoms with Crippen molar-refractivity contribution in [2.45, 2.75) is 6.42 Å². The van der Waals surface area contributed by atoms with Crippen LogP contribution in [0.3, 0.4) is 0 Å². The Labute approximate surface area is 167 Å². The summed E-state index contributed by atoms with van der Waals surface area (Å²) in [5.74, 6) is -0.0577. The molecule has 1 N–H and O–H groups in total. The molecule has 132 valence electrons. The van der Waals surface area contributed by atoms with Crippen LogP contribution in [0.15, 0.2) is 60.0 Å². The van der Waals surface area contributed by atoms with E-state index in [0.717, 1.165) is 11.1 Å². The van der Waals surface area contributed by atoms with Crippen molar-refractivity contribution >= 4 is 51.9 Å². The molecule has 2 aromatic rings. The lowest BCUT2D eigenvalue weighted by atomic mass is 10.0. The molecule has 0 aromatic heterocycles. The summed E-state index contributed by atoms with van der Waals surface area (Å²) in [4.78, 5) is 14.4. The van der Waals surface area contributed by atoms with Crippen LogP contribution in [-0.4, -0.2) is 26.8 Å². The smallest absolute Gasteiger partial charge is 0.266 e. The third-order valence-electron chi connectivity index (χ3n) is 3.92. The van der Waals surface area contributed by atoms with Crippen LogP contribution in [0.4, 0.5) is 0 Å². The SMILES string of the molecule is C=CCN1C(=O)C(=Cc2cc(Cc3ccccc3Cl)ccc2O)SC1=S. The first-order valence-corrected chi connectivity index (χ1v) is 9.51. The quantitative estimate of drug-likeness (QED) is 0.433. The molecular formula is C20H16ClNO2S2. The van der Waals surface area contributed by atoms with E-state index < -0.39 is 0 Å². The summed E-state index contributed by atoms with van der Waals surface area (Å²) in [6, 6.07) is 13.0. The number of benzene rings is 2. The molecule has 3 nitrogen and oxygen atoms in total. The van der Waals surface area contributed by atoms with Crippen molar-refractivity contribution in [1.29, 1.82) is 0 Å². The van der Waals surface area contributed by atoms with E-state index in [2.05, 4.69) is 6.58 Å². The van der Waals surface area contributed by atoms with Gasteiger partial charge in [0.15, 0.2) is 0 Å². The molecule has 26 heavy (non-hydrogen) atoms. The maximum Gasteiger partial charge on any atom is 0.266 e.